The van der Waals surface area contributed by atoms with Crippen molar-refractivity contribution in [1.29, 1.82) is 0 Å². The van der Waals surface area contributed by atoms with E-state index >= 15 is 0 Å². The summed E-state index contributed by atoms with van der Waals surface area (Å²) in [4.78, 5) is 21.5. The van der Waals surface area contributed by atoms with Crippen molar-refractivity contribution in [3.8, 4) is 22.8 Å². The summed E-state index contributed by atoms with van der Waals surface area (Å²) >= 11 is 0. The van der Waals surface area contributed by atoms with Crippen LogP contribution in [0.5, 0.6) is 11.5 Å². The van der Waals surface area contributed by atoms with Crippen LogP contribution >= 0.6 is 0 Å². The number of halogens is 3. The monoisotopic (exact) mass is 531 g/mol. The second kappa shape index (κ2) is 11.7. The molecule has 0 saturated heterocycles. The van der Waals surface area contributed by atoms with E-state index in [9.17, 15) is 18.0 Å². The van der Waals surface area contributed by atoms with Gasteiger partial charge in [-0.15, -0.1) is 0 Å². The van der Waals surface area contributed by atoms with Crippen LogP contribution in [0.3, 0.4) is 0 Å². The topological polar surface area (TPSA) is 103 Å². The molecule has 2 heterocycles. The number of carbonyl (C=O) groups is 1. The molecule has 0 aliphatic rings. The summed E-state index contributed by atoms with van der Waals surface area (Å²) in [6.45, 7) is 2.29. The summed E-state index contributed by atoms with van der Waals surface area (Å²) in [5.41, 5.74) is 1.02. The Morgan fingerprint density at radius 3 is 2.34 bits per heavy atom. The third kappa shape index (κ3) is 6.91. The highest BCUT2D eigenvalue weighted by Gasteiger charge is 2.46. The number of fused-ring (bicyclic) bond motifs is 1. The summed E-state index contributed by atoms with van der Waals surface area (Å²) < 4.78 is 50.0. The first-order valence-corrected chi connectivity index (χ1v) is 11.9. The Morgan fingerprint density at radius 1 is 1.08 bits per heavy atom. The van der Waals surface area contributed by atoms with Crippen LogP contribution in [-0.4, -0.2) is 48.3 Å². The summed E-state index contributed by atoms with van der Waals surface area (Å²) in [6, 6.07) is 9.14. The van der Waals surface area contributed by atoms with Crippen molar-refractivity contribution < 1.29 is 27.4 Å². The standard InChI is InChI=1S/C27H32F3N5O3/c1-26(2,27(28,29)30)10-6-7-24(35(3)31)34-25(36)11-17-8-9-20(32-15-17)19-12-18-13-22(37-4)23(38-5)14-21(18)33-16-19/h7-9,12-16H,6,10-11,31H2,1-5H3,(H,34,36)/b24-7-. The lowest BCUT2D eigenvalue weighted by molar-refractivity contribution is -0.213. The van der Waals surface area contributed by atoms with E-state index < -0.39 is 11.6 Å². The van der Waals surface area contributed by atoms with Crippen LogP contribution < -0.4 is 20.6 Å². The Labute approximate surface area is 219 Å². The molecule has 2 aromatic heterocycles. The number of nitrogens with one attached hydrogen (secondary N) is 1. The zero-order valence-electron chi connectivity index (χ0n) is 22.0. The molecule has 1 amide bonds. The number of methoxy groups -OCH3 is 2. The number of alkyl halides is 3. The molecule has 3 rings (SSSR count). The van der Waals surface area contributed by atoms with Crippen molar-refractivity contribution in [2.75, 3.05) is 21.3 Å². The molecule has 8 nitrogen and oxygen atoms in total. The van der Waals surface area contributed by atoms with E-state index in [1.165, 1.54) is 13.1 Å². The van der Waals surface area contributed by atoms with E-state index in [2.05, 4.69) is 15.3 Å². The highest BCUT2D eigenvalue weighted by atomic mass is 19.4. The average molecular weight is 532 g/mol. The number of hydrogen-bond acceptors (Lipinski definition) is 7. The number of hydrazine groups is 1. The zero-order valence-corrected chi connectivity index (χ0v) is 22.0. The summed E-state index contributed by atoms with van der Waals surface area (Å²) in [6.07, 6.45) is 0.439. The number of nitrogens with two attached hydrogens (primary N) is 1. The highest BCUT2D eigenvalue weighted by molar-refractivity contribution is 5.86. The van der Waals surface area contributed by atoms with Crippen molar-refractivity contribution in [1.82, 2.24) is 20.3 Å². The third-order valence-electron chi connectivity index (χ3n) is 6.19. The minimum Gasteiger partial charge on any atom is -0.493 e. The normalized spacial score (nSPS) is 12.4. The molecule has 3 N–H and O–H groups in total. The van der Waals surface area contributed by atoms with Crippen molar-refractivity contribution in [2.45, 2.75) is 39.3 Å². The van der Waals surface area contributed by atoms with Gasteiger partial charge in [0.15, 0.2) is 11.5 Å². The Kier molecular flexibility index (Phi) is 8.82. The fraction of sp³-hybridized carbons (Fsp3) is 0.370. The third-order valence-corrected chi connectivity index (χ3v) is 6.19. The van der Waals surface area contributed by atoms with Crippen LogP contribution in [0.2, 0.25) is 0 Å². The first kappa shape index (κ1) is 28.7. The quantitative estimate of drug-likeness (QED) is 0.281. The Hall–Kier alpha value is -3.86. The van der Waals surface area contributed by atoms with Crippen LogP contribution in [0.1, 0.15) is 32.3 Å². The predicted octanol–water partition coefficient (Wildman–Crippen LogP) is 4.99. The summed E-state index contributed by atoms with van der Waals surface area (Å²) in [5.74, 6) is 6.81. The van der Waals surface area contributed by atoms with Crippen molar-refractivity contribution in [2.24, 2.45) is 11.3 Å². The molecule has 0 radical (unpaired) electrons. The second-order valence-corrected chi connectivity index (χ2v) is 9.52. The number of ether oxygens (including phenoxy) is 2. The Balaban J connectivity index is 1.67. The largest absolute Gasteiger partial charge is 0.493 e. The molecule has 1 aromatic carbocycles. The number of benzene rings is 1. The molecule has 0 atom stereocenters. The van der Waals surface area contributed by atoms with Gasteiger partial charge in [-0.3, -0.25) is 19.8 Å². The Morgan fingerprint density at radius 2 is 1.76 bits per heavy atom. The van der Waals surface area contributed by atoms with Gasteiger partial charge in [-0.2, -0.15) is 13.2 Å². The number of pyridine rings is 2. The molecule has 0 spiro atoms. The van der Waals surface area contributed by atoms with E-state index in [0.29, 0.717) is 22.8 Å². The minimum atomic E-state index is -4.32. The lowest BCUT2D eigenvalue weighted by Crippen LogP contribution is -2.37. The smallest absolute Gasteiger partial charge is 0.393 e. The molecule has 11 heteroatoms. The molecule has 0 fully saturated rings. The molecule has 3 aromatic rings. The van der Waals surface area contributed by atoms with Crippen LogP contribution in [0.25, 0.3) is 22.2 Å². The first-order chi connectivity index (χ1) is 17.8. The van der Waals surface area contributed by atoms with Gasteiger partial charge in [0.25, 0.3) is 0 Å². The lowest BCUT2D eigenvalue weighted by atomic mass is 9.87. The van der Waals surface area contributed by atoms with Gasteiger partial charge in [-0.05, 0) is 42.7 Å². The first-order valence-electron chi connectivity index (χ1n) is 11.9. The minimum absolute atomic E-state index is 0.0134. The summed E-state index contributed by atoms with van der Waals surface area (Å²) in [7, 11) is 4.63. The SMILES string of the molecule is COc1cc2cc(-c3ccc(CC(=O)N/C(=C/CCC(C)(C)C(F)(F)F)N(C)N)cn3)cnc2cc1OC. The van der Waals surface area contributed by atoms with Gasteiger partial charge in [0.2, 0.25) is 5.91 Å². The van der Waals surface area contributed by atoms with E-state index in [1.54, 1.807) is 44.8 Å². The van der Waals surface area contributed by atoms with Crippen molar-refractivity contribution >= 4 is 16.8 Å². The molecule has 0 saturated carbocycles. The maximum atomic E-state index is 13.1. The van der Waals surface area contributed by atoms with Gasteiger partial charge in [0.1, 0.15) is 5.82 Å². The van der Waals surface area contributed by atoms with E-state index in [4.69, 9.17) is 15.3 Å². The van der Waals surface area contributed by atoms with Gasteiger partial charge in [0, 0.05) is 36.5 Å². The molecule has 0 aliphatic heterocycles. The van der Waals surface area contributed by atoms with Crippen LogP contribution in [0, 0.1) is 5.41 Å². The maximum Gasteiger partial charge on any atom is 0.393 e. The molecule has 0 bridgehead atoms. The number of carbonyl (C=O) groups excluding carboxylic acids is 1. The second-order valence-electron chi connectivity index (χ2n) is 9.52. The number of aromatic nitrogens is 2. The van der Waals surface area contributed by atoms with E-state index in [-0.39, 0.29) is 31.0 Å². The van der Waals surface area contributed by atoms with Gasteiger partial charge in [0.05, 0.1) is 37.3 Å². The fourth-order valence-electron chi connectivity index (χ4n) is 3.66. The molecule has 0 unspecified atom stereocenters. The van der Waals surface area contributed by atoms with Crippen molar-refractivity contribution in [3.63, 3.8) is 0 Å². The molecular formula is C27H32F3N5O3. The molecule has 38 heavy (non-hydrogen) atoms. The summed E-state index contributed by atoms with van der Waals surface area (Å²) in [5, 5.41) is 4.68. The van der Waals surface area contributed by atoms with Crippen molar-refractivity contribution in [3.05, 3.63) is 60.2 Å². The number of hydrogen-bond donors (Lipinski definition) is 2. The number of rotatable bonds is 10. The zero-order chi connectivity index (χ0) is 28.1. The maximum absolute atomic E-state index is 13.1. The van der Waals surface area contributed by atoms with Gasteiger partial charge in [-0.1, -0.05) is 19.9 Å². The van der Waals surface area contributed by atoms with E-state index in [0.717, 1.165) is 35.3 Å². The van der Waals surface area contributed by atoms with Gasteiger partial charge >= 0.3 is 6.18 Å². The molecule has 204 valence electrons. The van der Waals surface area contributed by atoms with Crippen LogP contribution in [0.4, 0.5) is 13.2 Å². The predicted molar refractivity (Wildman–Crippen MR) is 139 cm³/mol. The lowest BCUT2D eigenvalue weighted by Gasteiger charge is -2.27. The fourth-order valence-corrected chi connectivity index (χ4v) is 3.66. The Bertz CT molecular complexity index is 1310. The van der Waals surface area contributed by atoms with Gasteiger partial charge in [-0.25, -0.2) is 5.84 Å². The van der Waals surface area contributed by atoms with Gasteiger partial charge < -0.3 is 14.8 Å². The molecular weight excluding hydrogens is 499 g/mol. The average Bonchev–Trinajstić information content (AvgIpc) is 2.86. The van der Waals surface area contributed by atoms with E-state index in [1.807, 2.05) is 12.1 Å². The number of amides is 1. The van der Waals surface area contributed by atoms with Crippen LogP contribution in [0.15, 0.2) is 54.6 Å². The van der Waals surface area contributed by atoms with Crippen LogP contribution in [-0.2, 0) is 11.2 Å². The highest BCUT2D eigenvalue weighted by Crippen LogP contribution is 2.41. The number of allylic oxidation sites excluding steroid dienone is 1. The molecule has 0 aliphatic carbocycles. The number of nitrogens with zero attached hydrogens (tertiary/aromatic N) is 3.